The molecule has 0 saturated carbocycles. The van der Waals surface area contributed by atoms with E-state index in [9.17, 15) is 9.59 Å². The van der Waals surface area contributed by atoms with Gasteiger partial charge in [-0.2, -0.15) is 4.98 Å². The first kappa shape index (κ1) is 16.1. The van der Waals surface area contributed by atoms with Crippen LogP contribution in [0.25, 0.3) is 11.4 Å². The summed E-state index contributed by atoms with van der Waals surface area (Å²) in [5.41, 5.74) is 1.28. The highest BCUT2D eigenvalue weighted by Gasteiger charge is 2.15. The second kappa shape index (κ2) is 7.18. The van der Waals surface area contributed by atoms with Crippen molar-refractivity contribution in [1.82, 2.24) is 15.5 Å². The quantitative estimate of drug-likeness (QED) is 0.696. The molecule has 0 unspecified atom stereocenters. The number of carbonyl (C=O) groups is 2. The van der Waals surface area contributed by atoms with E-state index in [1.807, 2.05) is 18.4 Å². The van der Waals surface area contributed by atoms with E-state index < -0.39 is 0 Å². The van der Waals surface area contributed by atoms with Crippen LogP contribution >= 0.6 is 11.3 Å². The number of amides is 1. The Bertz CT molecular complexity index is 811. The Hall–Kier alpha value is -2.80. The van der Waals surface area contributed by atoms with Crippen LogP contribution < -0.4 is 5.32 Å². The number of benzene rings is 1. The molecule has 0 aliphatic heterocycles. The minimum absolute atomic E-state index is 0.0326. The monoisotopic (exact) mass is 341 g/mol. The topological polar surface area (TPSA) is 85.1 Å². The molecule has 0 aliphatic carbocycles. The lowest BCUT2D eigenvalue weighted by Gasteiger charge is -2.13. The van der Waals surface area contributed by atoms with Crippen molar-refractivity contribution in [3.05, 3.63) is 58.6 Å². The number of hydrogen-bond acceptors (Lipinski definition) is 6. The molecule has 0 saturated heterocycles. The minimum Gasteiger partial charge on any atom is -0.349 e. The summed E-state index contributed by atoms with van der Waals surface area (Å²) in [6, 6.07) is 10.3. The zero-order valence-electron chi connectivity index (χ0n) is 12.9. The van der Waals surface area contributed by atoms with Crippen molar-refractivity contribution in [2.45, 2.75) is 19.4 Å². The number of hydrogen-bond donors (Lipinski definition) is 1. The summed E-state index contributed by atoms with van der Waals surface area (Å²) in [6.45, 7) is 1.82. The number of Topliss-reactive ketones (excluding diaryl/α,β-unsaturated/α-hetero) is 1. The molecule has 1 N–H and O–H groups in total. The van der Waals surface area contributed by atoms with Crippen LogP contribution in [0.4, 0.5) is 0 Å². The van der Waals surface area contributed by atoms with Gasteiger partial charge in [-0.3, -0.25) is 9.59 Å². The van der Waals surface area contributed by atoms with Crippen molar-refractivity contribution in [3.8, 4) is 11.4 Å². The number of thiophene rings is 1. The molecule has 3 rings (SSSR count). The van der Waals surface area contributed by atoms with Gasteiger partial charge in [0.1, 0.15) is 0 Å². The average molecular weight is 341 g/mol. The second-order valence-corrected chi connectivity index (χ2v) is 6.26. The third-order valence-corrected chi connectivity index (χ3v) is 4.34. The lowest BCUT2D eigenvalue weighted by molar-refractivity contribution is 0.0919. The first-order chi connectivity index (χ1) is 11.6. The molecule has 1 atom stereocenters. The normalized spacial score (nSPS) is 11.9. The van der Waals surface area contributed by atoms with Crippen molar-refractivity contribution in [3.63, 3.8) is 0 Å². The van der Waals surface area contributed by atoms with Crippen molar-refractivity contribution in [2.75, 3.05) is 0 Å². The zero-order chi connectivity index (χ0) is 16.9. The fourth-order valence-corrected chi connectivity index (χ4v) is 2.92. The smallest absolute Gasteiger partial charge is 0.251 e. The highest BCUT2D eigenvalue weighted by molar-refractivity contribution is 7.12. The first-order valence-corrected chi connectivity index (χ1v) is 8.26. The first-order valence-electron chi connectivity index (χ1n) is 7.38. The summed E-state index contributed by atoms with van der Waals surface area (Å²) in [5.74, 6) is 0.281. The van der Waals surface area contributed by atoms with Crippen LogP contribution in [0.5, 0.6) is 0 Å². The number of nitrogens with one attached hydrogen (secondary N) is 1. The molecule has 24 heavy (non-hydrogen) atoms. The number of nitrogens with zero attached hydrogens (tertiary/aromatic N) is 2. The van der Waals surface area contributed by atoms with Gasteiger partial charge in [0, 0.05) is 23.6 Å². The van der Waals surface area contributed by atoms with Gasteiger partial charge in [-0.25, -0.2) is 0 Å². The maximum absolute atomic E-state index is 12.3. The van der Waals surface area contributed by atoms with E-state index in [1.165, 1.54) is 17.7 Å². The fourth-order valence-electron chi connectivity index (χ4n) is 2.24. The molecule has 3 aromatic rings. The highest BCUT2D eigenvalue weighted by atomic mass is 32.1. The van der Waals surface area contributed by atoms with E-state index >= 15 is 0 Å². The Kier molecular flexibility index (Phi) is 4.81. The maximum Gasteiger partial charge on any atom is 0.251 e. The van der Waals surface area contributed by atoms with Crippen molar-refractivity contribution in [1.29, 1.82) is 0 Å². The molecule has 1 amide bonds. The van der Waals surface area contributed by atoms with Gasteiger partial charge in [0.15, 0.2) is 5.78 Å². The van der Waals surface area contributed by atoms with Gasteiger partial charge in [0.25, 0.3) is 5.91 Å². The molecule has 7 heteroatoms. The Labute approximate surface area is 142 Å². The number of carbonyl (C=O) groups excluding carboxylic acids is 2. The summed E-state index contributed by atoms with van der Waals surface area (Å²) >= 11 is 1.41. The van der Waals surface area contributed by atoms with Crippen LogP contribution in [0.2, 0.25) is 0 Å². The average Bonchev–Trinajstić information content (AvgIpc) is 3.28. The minimum atomic E-state index is -0.246. The predicted octanol–water partition coefficient (Wildman–Crippen LogP) is 3.19. The van der Waals surface area contributed by atoms with E-state index in [0.29, 0.717) is 16.3 Å². The molecule has 0 bridgehead atoms. The summed E-state index contributed by atoms with van der Waals surface area (Å²) < 4.78 is 4.70. The summed E-state index contributed by atoms with van der Waals surface area (Å²) in [5, 5.41) is 8.44. The number of ketones is 1. The lowest BCUT2D eigenvalue weighted by Crippen LogP contribution is -2.34. The molecule has 1 aromatic carbocycles. The second-order valence-electron chi connectivity index (χ2n) is 5.31. The Morgan fingerprint density at radius 1 is 1.25 bits per heavy atom. The molecule has 0 spiro atoms. The van der Waals surface area contributed by atoms with Crippen LogP contribution in [0.1, 0.15) is 33.4 Å². The van der Waals surface area contributed by atoms with E-state index in [1.54, 1.807) is 30.3 Å². The SMILES string of the molecule is C[C@@H](CC(=O)c1cccs1)NC(=O)c1ccc(-c2ncon2)cc1. The van der Waals surface area contributed by atoms with Crippen LogP contribution in [0.3, 0.4) is 0 Å². The Balaban J connectivity index is 1.59. The van der Waals surface area contributed by atoms with Gasteiger partial charge in [0.05, 0.1) is 4.88 Å². The maximum atomic E-state index is 12.3. The van der Waals surface area contributed by atoms with E-state index in [2.05, 4.69) is 15.5 Å². The lowest BCUT2D eigenvalue weighted by atomic mass is 10.1. The van der Waals surface area contributed by atoms with E-state index in [0.717, 1.165) is 5.56 Å². The molecule has 0 fully saturated rings. The predicted molar refractivity (Wildman–Crippen MR) is 89.9 cm³/mol. The van der Waals surface area contributed by atoms with Crippen LogP contribution in [-0.4, -0.2) is 27.9 Å². The van der Waals surface area contributed by atoms with Gasteiger partial charge in [-0.05, 0) is 30.5 Å². The molecule has 2 heterocycles. The van der Waals surface area contributed by atoms with Crippen molar-refractivity contribution < 1.29 is 14.1 Å². The van der Waals surface area contributed by atoms with Crippen molar-refractivity contribution in [2.24, 2.45) is 0 Å². The van der Waals surface area contributed by atoms with Crippen LogP contribution in [-0.2, 0) is 0 Å². The Morgan fingerprint density at radius 2 is 2.04 bits per heavy atom. The van der Waals surface area contributed by atoms with Crippen LogP contribution in [0.15, 0.2) is 52.7 Å². The molecule has 6 nitrogen and oxygen atoms in total. The van der Waals surface area contributed by atoms with E-state index in [-0.39, 0.29) is 24.2 Å². The molecule has 0 aliphatic rings. The molecule has 0 radical (unpaired) electrons. The summed E-state index contributed by atoms with van der Waals surface area (Å²) in [7, 11) is 0. The summed E-state index contributed by atoms with van der Waals surface area (Å²) in [6.07, 6.45) is 1.52. The summed E-state index contributed by atoms with van der Waals surface area (Å²) in [4.78, 5) is 29.0. The van der Waals surface area contributed by atoms with Gasteiger partial charge in [-0.15, -0.1) is 11.3 Å². The molecular weight excluding hydrogens is 326 g/mol. The fraction of sp³-hybridized carbons (Fsp3) is 0.176. The molecule has 2 aromatic heterocycles. The van der Waals surface area contributed by atoms with E-state index in [4.69, 9.17) is 4.52 Å². The van der Waals surface area contributed by atoms with Crippen molar-refractivity contribution >= 4 is 23.0 Å². The van der Waals surface area contributed by atoms with Gasteiger partial charge < -0.3 is 9.84 Å². The standard InChI is InChI=1S/C17H15N3O3S/c1-11(9-14(21)15-3-2-8-24-15)19-17(22)13-6-4-12(5-7-13)16-18-10-23-20-16/h2-8,10-11H,9H2,1H3,(H,19,22)/t11-/m0/s1. The third-order valence-electron chi connectivity index (χ3n) is 3.43. The molecule has 122 valence electrons. The third kappa shape index (κ3) is 3.75. The van der Waals surface area contributed by atoms with Gasteiger partial charge in [-0.1, -0.05) is 23.4 Å². The number of rotatable bonds is 6. The Morgan fingerprint density at radius 3 is 2.67 bits per heavy atom. The number of aromatic nitrogens is 2. The van der Waals surface area contributed by atoms with Gasteiger partial charge in [0.2, 0.25) is 12.2 Å². The van der Waals surface area contributed by atoms with Crippen LogP contribution in [0, 0.1) is 0 Å². The van der Waals surface area contributed by atoms with Gasteiger partial charge >= 0.3 is 0 Å². The highest BCUT2D eigenvalue weighted by Crippen LogP contribution is 2.16. The largest absolute Gasteiger partial charge is 0.349 e. The molecular formula is C17H15N3O3S. The zero-order valence-corrected chi connectivity index (χ0v) is 13.7.